The lowest BCUT2D eigenvalue weighted by atomic mass is 10.2. The number of primary sulfonamides is 1. The molecule has 19 heavy (non-hydrogen) atoms. The third-order valence-corrected chi connectivity index (χ3v) is 3.54. The summed E-state index contributed by atoms with van der Waals surface area (Å²) < 4.78 is 22.3. The van der Waals surface area contributed by atoms with Gasteiger partial charge in [0.1, 0.15) is 5.69 Å². The molecule has 1 atom stereocenters. The lowest BCUT2D eigenvalue weighted by molar-refractivity contribution is -0.384. The maximum absolute atomic E-state index is 11.2. The van der Waals surface area contributed by atoms with Gasteiger partial charge in [-0.15, -0.1) is 0 Å². The minimum atomic E-state index is -3.97. The van der Waals surface area contributed by atoms with Crippen molar-refractivity contribution in [3.8, 4) is 0 Å². The predicted molar refractivity (Wildman–Crippen MR) is 71.2 cm³/mol. The summed E-state index contributed by atoms with van der Waals surface area (Å²) in [6.45, 7) is 2.19. The highest BCUT2D eigenvalue weighted by molar-refractivity contribution is 7.89. The van der Waals surface area contributed by atoms with Crippen molar-refractivity contribution in [2.45, 2.75) is 24.3 Å². The molecular formula is C10H16N4O4S. The van der Waals surface area contributed by atoms with Gasteiger partial charge in [-0.25, -0.2) is 13.6 Å². The van der Waals surface area contributed by atoms with E-state index in [9.17, 15) is 18.5 Å². The largest absolute Gasteiger partial charge is 0.375 e. The molecule has 0 amide bonds. The van der Waals surface area contributed by atoms with Gasteiger partial charge in [-0.3, -0.25) is 10.1 Å². The second kappa shape index (κ2) is 5.95. The molecule has 0 aliphatic carbocycles. The molecule has 1 aromatic rings. The van der Waals surface area contributed by atoms with Crippen LogP contribution in [0.15, 0.2) is 23.1 Å². The molecule has 1 rings (SSSR count). The molecule has 0 heterocycles. The van der Waals surface area contributed by atoms with E-state index < -0.39 is 14.9 Å². The van der Waals surface area contributed by atoms with Gasteiger partial charge in [0.15, 0.2) is 0 Å². The Labute approximate surface area is 111 Å². The standard InChI is InChI=1S/C10H16N4O4S/c1-2-7(6-11)13-9-4-3-8(19(12,17)18)5-10(9)14(15)16/h3-5,7,13H,2,6,11H2,1H3,(H2,12,17,18). The van der Waals surface area contributed by atoms with Crippen LogP contribution in [0.1, 0.15) is 13.3 Å². The molecule has 5 N–H and O–H groups in total. The maximum atomic E-state index is 11.2. The first-order valence-electron chi connectivity index (χ1n) is 5.57. The third-order valence-electron chi connectivity index (χ3n) is 2.63. The van der Waals surface area contributed by atoms with Crippen molar-refractivity contribution in [1.82, 2.24) is 0 Å². The summed E-state index contributed by atoms with van der Waals surface area (Å²) in [5.74, 6) is 0. The Morgan fingerprint density at radius 1 is 1.47 bits per heavy atom. The van der Waals surface area contributed by atoms with E-state index in [1.807, 2.05) is 6.92 Å². The SMILES string of the molecule is CCC(CN)Nc1ccc(S(N)(=O)=O)cc1[N+](=O)[O-]. The Hall–Kier alpha value is -1.71. The van der Waals surface area contributed by atoms with Crippen molar-refractivity contribution in [3.05, 3.63) is 28.3 Å². The number of anilines is 1. The molecule has 8 nitrogen and oxygen atoms in total. The van der Waals surface area contributed by atoms with Crippen LogP contribution in [0.2, 0.25) is 0 Å². The molecule has 1 unspecified atom stereocenters. The zero-order chi connectivity index (χ0) is 14.6. The molecular weight excluding hydrogens is 272 g/mol. The van der Waals surface area contributed by atoms with Gasteiger partial charge in [0, 0.05) is 18.7 Å². The molecule has 0 fully saturated rings. The minimum absolute atomic E-state index is 0.126. The lowest BCUT2D eigenvalue weighted by Crippen LogP contribution is -2.28. The zero-order valence-electron chi connectivity index (χ0n) is 10.4. The van der Waals surface area contributed by atoms with Crippen molar-refractivity contribution in [1.29, 1.82) is 0 Å². The number of hydrogen-bond acceptors (Lipinski definition) is 6. The molecule has 0 aromatic heterocycles. The molecule has 0 radical (unpaired) electrons. The number of nitrogens with zero attached hydrogens (tertiary/aromatic N) is 1. The number of nitrogens with two attached hydrogens (primary N) is 2. The van der Waals surface area contributed by atoms with E-state index in [0.29, 0.717) is 13.0 Å². The summed E-state index contributed by atoms with van der Waals surface area (Å²) in [6.07, 6.45) is 0.685. The van der Waals surface area contributed by atoms with Crippen LogP contribution in [0.5, 0.6) is 0 Å². The van der Waals surface area contributed by atoms with Crippen molar-refractivity contribution in [2.75, 3.05) is 11.9 Å². The van der Waals surface area contributed by atoms with Gasteiger partial charge in [0.05, 0.1) is 9.82 Å². The Morgan fingerprint density at radius 3 is 2.53 bits per heavy atom. The number of rotatable bonds is 6. The second-order valence-corrected chi connectivity index (χ2v) is 5.53. The van der Waals surface area contributed by atoms with Crippen LogP contribution >= 0.6 is 0 Å². The van der Waals surface area contributed by atoms with Crippen LogP contribution in [0.25, 0.3) is 0 Å². The van der Waals surface area contributed by atoms with Crippen molar-refractivity contribution >= 4 is 21.4 Å². The van der Waals surface area contributed by atoms with Gasteiger partial charge < -0.3 is 11.1 Å². The van der Waals surface area contributed by atoms with Gasteiger partial charge >= 0.3 is 0 Å². The Morgan fingerprint density at radius 2 is 2.11 bits per heavy atom. The van der Waals surface area contributed by atoms with Crippen LogP contribution in [0.3, 0.4) is 0 Å². The summed E-state index contributed by atoms with van der Waals surface area (Å²) in [6, 6.07) is 3.34. The molecule has 0 saturated heterocycles. The van der Waals surface area contributed by atoms with E-state index in [-0.39, 0.29) is 22.3 Å². The summed E-state index contributed by atoms with van der Waals surface area (Å²) >= 11 is 0. The molecule has 0 saturated carbocycles. The van der Waals surface area contributed by atoms with E-state index in [4.69, 9.17) is 10.9 Å². The van der Waals surface area contributed by atoms with E-state index in [0.717, 1.165) is 6.07 Å². The van der Waals surface area contributed by atoms with E-state index in [1.54, 1.807) is 0 Å². The van der Waals surface area contributed by atoms with E-state index >= 15 is 0 Å². The molecule has 0 spiro atoms. The number of benzene rings is 1. The highest BCUT2D eigenvalue weighted by Crippen LogP contribution is 2.27. The molecule has 1 aromatic carbocycles. The number of nitro benzene ring substituents is 1. The zero-order valence-corrected chi connectivity index (χ0v) is 11.2. The van der Waals surface area contributed by atoms with Gasteiger partial charge in [-0.1, -0.05) is 6.92 Å². The van der Waals surface area contributed by atoms with Crippen LogP contribution < -0.4 is 16.2 Å². The monoisotopic (exact) mass is 288 g/mol. The number of sulfonamides is 1. The Bertz CT molecular complexity index is 569. The maximum Gasteiger partial charge on any atom is 0.293 e. The quantitative estimate of drug-likeness (QED) is 0.510. The van der Waals surface area contributed by atoms with Crippen molar-refractivity contribution < 1.29 is 13.3 Å². The smallest absolute Gasteiger partial charge is 0.293 e. The average Bonchev–Trinajstić information content (AvgIpc) is 2.34. The first kappa shape index (κ1) is 15.3. The molecule has 0 aliphatic heterocycles. The fourth-order valence-corrected chi connectivity index (χ4v) is 2.04. The topological polar surface area (TPSA) is 141 Å². The molecule has 0 aliphatic rings. The third kappa shape index (κ3) is 3.88. The molecule has 0 bridgehead atoms. The van der Waals surface area contributed by atoms with E-state index in [1.165, 1.54) is 12.1 Å². The second-order valence-electron chi connectivity index (χ2n) is 3.97. The minimum Gasteiger partial charge on any atom is -0.375 e. The Balaban J connectivity index is 3.23. The van der Waals surface area contributed by atoms with E-state index in [2.05, 4.69) is 5.32 Å². The molecule has 9 heteroatoms. The van der Waals surface area contributed by atoms with Gasteiger partial charge in [0.25, 0.3) is 5.69 Å². The summed E-state index contributed by atoms with van der Waals surface area (Å²) in [5.41, 5.74) is 5.38. The van der Waals surface area contributed by atoms with Crippen molar-refractivity contribution in [3.63, 3.8) is 0 Å². The van der Waals surface area contributed by atoms with Crippen LogP contribution in [0, 0.1) is 10.1 Å². The highest BCUT2D eigenvalue weighted by Gasteiger charge is 2.20. The lowest BCUT2D eigenvalue weighted by Gasteiger charge is -2.16. The summed E-state index contributed by atoms with van der Waals surface area (Å²) in [4.78, 5) is 9.99. The fraction of sp³-hybridized carbons (Fsp3) is 0.400. The Kier molecular flexibility index (Phi) is 4.81. The first-order chi connectivity index (χ1) is 8.79. The number of nitrogens with one attached hydrogen (secondary N) is 1. The summed E-state index contributed by atoms with van der Waals surface area (Å²) in [7, 11) is -3.97. The van der Waals surface area contributed by atoms with Crippen LogP contribution in [-0.4, -0.2) is 25.9 Å². The first-order valence-corrected chi connectivity index (χ1v) is 7.12. The predicted octanol–water partition coefficient (Wildman–Crippen LogP) is 0.391. The van der Waals surface area contributed by atoms with Gasteiger partial charge in [-0.2, -0.15) is 0 Å². The highest BCUT2D eigenvalue weighted by atomic mass is 32.2. The van der Waals surface area contributed by atoms with Gasteiger partial charge in [-0.05, 0) is 18.6 Å². The van der Waals surface area contributed by atoms with Crippen molar-refractivity contribution in [2.24, 2.45) is 10.9 Å². The van der Waals surface area contributed by atoms with Crippen LogP contribution in [0.4, 0.5) is 11.4 Å². The summed E-state index contributed by atoms with van der Waals surface area (Å²) in [5, 5.41) is 18.8. The van der Waals surface area contributed by atoms with Crippen LogP contribution in [-0.2, 0) is 10.0 Å². The number of nitro groups is 1. The average molecular weight is 288 g/mol. The van der Waals surface area contributed by atoms with Gasteiger partial charge in [0.2, 0.25) is 10.0 Å². The molecule has 106 valence electrons. The normalized spacial score (nSPS) is 13.0. The fourth-order valence-electron chi connectivity index (χ4n) is 1.51. The number of hydrogen-bond donors (Lipinski definition) is 3.